The van der Waals surface area contributed by atoms with E-state index in [-0.39, 0.29) is 23.9 Å². The molecule has 0 radical (unpaired) electrons. The molecule has 0 amide bonds. The molecule has 8 heteroatoms. The van der Waals surface area contributed by atoms with Crippen LogP contribution in [0.25, 0.3) is 11.0 Å². The fraction of sp³-hybridized carbons (Fsp3) is 0.333. The molecule has 1 N–H and O–H groups in total. The highest BCUT2D eigenvalue weighted by molar-refractivity contribution is 6.02. The van der Waals surface area contributed by atoms with Gasteiger partial charge in [-0.05, 0) is 35.6 Å². The minimum absolute atomic E-state index is 0.0165. The first-order chi connectivity index (χ1) is 14.0. The topological polar surface area (TPSA) is 103 Å². The summed E-state index contributed by atoms with van der Waals surface area (Å²) >= 11 is 0. The zero-order valence-corrected chi connectivity index (χ0v) is 15.9. The first kappa shape index (κ1) is 17.7. The van der Waals surface area contributed by atoms with Crippen LogP contribution in [-0.2, 0) is 13.0 Å². The van der Waals surface area contributed by atoms with Gasteiger partial charge in [0.05, 0.1) is 11.9 Å². The first-order valence-electron chi connectivity index (χ1n) is 9.57. The maximum absolute atomic E-state index is 12.6. The molecule has 0 saturated carbocycles. The number of nitrogens with zero attached hydrogens (tertiary/aromatic N) is 2. The quantitative estimate of drug-likeness (QED) is 0.710. The number of hydrogen-bond donors (Lipinski definition) is 1. The van der Waals surface area contributed by atoms with E-state index in [4.69, 9.17) is 9.47 Å². The molecule has 1 unspecified atom stereocenters. The molecule has 148 valence electrons. The number of nitrogens with one attached hydrogen (secondary N) is 1. The van der Waals surface area contributed by atoms with Crippen molar-refractivity contribution in [3.8, 4) is 11.5 Å². The van der Waals surface area contributed by atoms with E-state index in [1.54, 1.807) is 6.07 Å². The van der Waals surface area contributed by atoms with Crippen LogP contribution in [-0.4, -0.2) is 33.5 Å². The van der Waals surface area contributed by atoms with E-state index in [2.05, 4.69) is 9.97 Å². The van der Waals surface area contributed by atoms with Gasteiger partial charge in [-0.25, -0.2) is 9.78 Å². The number of H-pyrrole nitrogens is 1. The maximum atomic E-state index is 12.6. The van der Waals surface area contributed by atoms with Crippen molar-refractivity contribution in [3.05, 3.63) is 61.9 Å². The summed E-state index contributed by atoms with van der Waals surface area (Å²) in [7, 11) is 0. The molecule has 2 aromatic heterocycles. The third-order valence-corrected chi connectivity index (χ3v) is 5.45. The number of ether oxygens (including phenoxy) is 2. The molecule has 0 spiro atoms. The maximum Gasteiger partial charge on any atom is 0.330 e. The van der Waals surface area contributed by atoms with Crippen LogP contribution in [0.4, 0.5) is 0 Å². The fourth-order valence-corrected chi connectivity index (χ4v) is 4.12. The van der Waals surface area contributed by atoms with Gasteiger partial charge in [0, 0.05) is 18.2 Å². The molecule has 3 aromatic rings. The number of aromatic nitrogens is 3. The smallest absolute Gasteiger partial charge is 0.330 e. The first-order valence-corrected chi connectivity index (χ1v) is 9.57. The van der Waals surface area contributed by atoms with Gasteiger partial charge in [0.1, 0.15) is 18.9 Å². The molecule has 29 heavy (non-hydrogen) atoms. The number of rotatable bonds is 2. The summed E-state index contributed by atoms with van der Waals surface area (Å²) in [6.07, 6.45) is 2.53. The highest BCUT2D eigenvalue weighted by atomic mass is 16.6. The summed E-state index contributed by atoms with van der Waals surface area (Å²) < 4.78 is 12.6. The van der Waals surface area contributed by atoms with Gasteiger partial charge >= 0.3 is 5.69 Å². The Hall–Kier alpha value is -3.42. The van der Waals surface area contributed by atoms with E-state index >= 15 is 0 Å². The van der Waals surface area contributed by atoms with Crippen LogP contribution < -0.4 is 20.7 Å². The minimum atomic E-state index is -0.542. The Morgan fingerprint density at radius 1 is 1.14 bits per heavy atom. The fourth-order valence-electron chi connectivity index (χ4n) is 4.12. The molecule has 0 saturated heterocycles. The molecule has 0 bridgehead atoms. The zero-order chi connectivity index (χ0) is 20.1. The van der Waals surface area contributed by atoms with Gasteiger partial charge in [-0.3, -0.25) is 19.1 Å². The summed E-state index contributed by atoms with van der Waals surface area (Å²) in [6.45, 7) is 3.16. The summed E-state index contributed by atoms with van der Waals surface area (Å²) in [6, 6.07) is 5.47. The number of fused-ring (bicyclic) bond motifs is 4. The zero-order valence-electron chi connectivity index (χ0n) is 15.9. The van der Waals surface area contributed by atoms with Gasteiger partial charge in [-0.15, -0.1) is 0 Å². The van der Waals surface area contributed by atoms with E-state index in [0.717, 1.165) is 5.56 Å². The summed E-state index contributed by atoms with van der Waals surface area (Å²) in [5.74, 6) is 1.41. The Balaban J connectivity index is 1.67. The number of carbonyl (C=O) groups excluding carboxylic acids is 1. The third-order valence-electron chi connectivity index (χ3n) is 5.45. The average molecular weight is 393 g/mol. The normalized spacial score (nSPS) is 18.0. The van der Waals surface area contributed by atoms with E-state index in [1.807, 2.05) is 19.1 Å². The molecule has 0 fully saturated rings. The van der Waals surface area contributed by atoms with Gasteiger partial charge < -0.3 is 9.47 Å². The summed E-state index contributed by atoms with van der Waals surface area (Å²) in [5, 5.41) is 0.319. The van der Waals surface area contributed by atoms with E-state index in [0.29, 0.717) is 54.1 Å². The molecular formula is C21H19N3O5. The second-order valence-corrected chi connectivity index (χ2v) is 7.61. The van der Waals surface area contributed by atoms with Gasteiger partial charge in [0.15, 0.2) is 17.3 Å². The molecule has 5 rings (SSSR count). The van der Waals surface area contributed by atoms with Crippen molar-refractivity contribution in [2.75, 3.05) is 13.2 Å². The molecule has 1 aliphatic heterocycles. The van der Waals surface area contributed by atoms with Gasteiger partial charge in [0.25, 0.3) is 5.56 Å². The number of hydrogen-bond acceptors (Lipinski definition) is 6. The second-order valence-electron chi connectivity index (χ2n) is 7.61. The lowest BCUT2D eigenvalue weighted by Gasteiger charge is -2.22. The number of ketones is 1. The van der Waals surface area contributed by atoms with Gasteiger partial charge in [0.2, 0.25) is 0 Å². The largest absolute Gasteiger partial charge is 0.486 e. The lowest BCUT2D eigenvalue weighted by Crippen LogP contribution is -2.33. The van der Waals surface area contributed by atoms with Crippen LogP contribution in [0.3, 0.4) is 0 Å². The number of pyridine rings is 1. The molecular weight excluding hydrogens is 374 g/mol. The van der Waals surface area contributed by atoms with Crippen molar-refractivity contribution in [2.24, 2.45) is 5.92 Å². The van der Waals surface area contributed by atoms with Crippen LogP contribution in [0.2, 0.25) is 0 Å². The average Bonchev–Trinajstić information content (AvgIpc) is 2.70. The van der Waals surface area contributed by atoms with Gasteiger partial charge in [-0.2, -0.15) is 0 Å². The SMILES string of the molecule is CC1CC(=O)c2cnc3c(c2C1)c(=O)[nH]c(=O)n3Cc1ccc2c(c1)OCCO2. The monoisotopic (exact) mass is 393 g/mol. The van der Waals surface area contributed by atoms with E-state index in [9.17, 15) is 14.4 Å². The molecule has 1 atom stereocenters. The molecule has 3 heterocycles. The number of benzene rings is 1. The minimum Gasteiger partial charge on any atom is -0.486 e. The molecule has 2 aliphatic rings. The Bertz CT molecular complexity index is 1270. The Morgan fingerprint density at radius 3 is 2.76 bits per heavy atom. The van der Waals surface area contributed by atoms with Crippen molar-refractivity contribution < 1.29 is 14.3 Å². The van der Waals surface area contributed by atoms with Crippen molar-refractivity contribution in [3.63, 3.8) is 0 Å². The van der Waals surface area contributed by atoms with Crippen LogP contribution >= 0.6 is 0 Å². The Morgan fingerprint density at radius 2 is 1.93 bits per heavy atom. The highest BCUT2D eigenvalue weighted by Gasteiger charge is 2.27. The lowest BCUT2D eigenvalue weighted by molar-refractivity contribution is 0.0953. The third kappa shape index (κ3) is 2.91. The molecule has 1 aliphatic carbocycles. The Kier molecular flexibility index (Phi) is 4.01. The van der Waals surface area contributed by atoms with Crippen molar-refractivity contribution in [1.29, 1.82) is 0 Å². The van der Waals surface area contributed by atoms with E-state index < -0.39 is 11.2 Å². The second kappa shape index (κ2) is 6.58. The molecule has 8 nitrogen and oxygen atoms in total. The van der Waals surface area contributed by atoms with Crippen LogP contribution in [0, 0.1) is 5.92 Å². The van der Waals surface area contributed by atoms with Crippen LogP contribution in [0.5, 0.6) is 11.5 Å². The summed E-state index contributed by atoms with van der Waals surface area (Å²) in [5.41, 5.74) is 1.21. The summed E-state index contributed by atoms with van der Waals surface area (Å²) in [4.78, 5) is 44.3. The number of Topliss-reactive ketones (excluding diaryl/α,β-unsaturated/α-hetero) is 1. The lowest BCUT2D eigenvalue weighted by atomic mass is 9.84. The Labute approximate surface area is 165 Å². The van der Waals surface area contributed by atoms with Crippen molar-refractivity contribution >= 4 is 16.8 Å². The predicted molar refractivity (Wildman–Crippen MR) is 105 cm³/mol. The van der Waals surface area contributed by atoms with Crippen molar-refractivity contribution in [1.82, 2.24) is 14.5 Å². The van der Waals surface area contributed by atoms with Gasteiger partial charge in [-0.1, -0.05) is 13.0 Å². The van der Waals surface area contributed by atoms with E-state index in [1.165, 1.54) is 10.8 Å². The predicted octanol–water partition coefficient (Wildman–Crippen LogP) is 1.67. The number of carbonyl (C=O) groups is 1. The van der Waals surface area contributed by atoms with Crippen molar-refractivity contribution in [2.45, 2.75) is 26.3 Å². The standard InChI is InChI=1S/C21H19N3O5/c1-11-6-13-14(15(25)7-11)9-22-19-18(13)20(26)23-21(27)24(19)10-12-2-3-16-17(8-12)29-5-4-28-16/h2-3,8-9,11H,4-7,10H2,1H3,(H,23,26,27). The molecule has 1 aromatic carbocycles. The van der Waals surface area contributed by atoms with Crippen LogP contribution in [0.15, 0.2) is 34.0 Å². The number of aromatic amines is 1. The van der Waals surface area contributed by atoms with Crippen LogP contribution in [0.1, 0.15) is 34.8 Å². The highest BCUT2D eigenvalue weighted by Crippen LogP contribution is 2.32.